The van der Waals surface area contributed by atoms with E-state index in [0.29, 0.717) is 12.5 Å². The van der Waals surface area contributed by atoms with Gasteiger partial charge in [0.1, 0.15) is 0 Å². The second-order valence-corrected chi connectivity index (χ2v) is 6.11. The molecule has 1 fully saturated rings. The van der Waals surface area contributed by atoms with Crippen LogP contribution in [0, 0.1) is 5.92 Å². The fourth-order valence-electron chi connectivity index (χ4n) is 2.61. The standard InChI is InChI=1S/C17H23NO2S/c1-3-12-20-13-14-8-10-18(11-9-14)17(19)15-6-4-5-7-16(15)21-2/h3-7,14H,1,8-13H2,2H3. The van der Waals surface area contributed by atoms with E-state index in [0.717, 1.165) is 43.0 Å². The molecule has 0 spiro atoms. The van der Waals surface area contributed by atoms with Crippen molar-refractivity contribution in [2.24, 2.45) is 5.92 Å². The van der Waals surface area contributed by atoms with Gasteiger partial charge in [-0.2, -0.15) is 0 Å². The predicted molar refractivity (Wildman–Crippen MR) is 87.9 cm³/mol. The van der Waals surface area contributed by atoms with Crippen LogP contribution >= 0.6 is 11.8 Å². The van der Waals surface area contributed by atoms with Gasteiger partial charge in [-0.3, -0.25) is 4.79 Å². The van der Waals surface area contributed by atoms with Gasteiger partial charge in [-0.1, -0.05) is 18.2 Å². The molecule has 0 saturated carbocycles. The first-order valence-electron chi connectivity index (χ1n) is 7.37. The average molecular weight is 305 g/mol. The Kier molecular flexibility index (Phi) is 6.33. The number of carbonyl (C=O) groups excluding carboxylic acids is 1. The maximum atomic E-state index is 12.6. The van der Waals surface area contributed by atoms with Crippen LogP contribution in [0.2, 0.25) is 0 Å². The Morgan fingerprint density at radius 1 is 1.43 bits per heavy atom. The molecule has 0 aliphatic carbocycles. The van der Waals surface area contributed by atoms with Gasteiger partial charge >= 0.3 is 0 Å². The van der Waals surface area contributed by atoms with E-state index in [2.05, 4.69) is 6.58 Å². The van der Waals surface area contributed by atoms with Gasteiger partial charge in [-0.15, -0.1) is 18.3 Å². The third-order valence-electron chi connectivity index (χ3n) is 3.83. The molecule has 0 N–H and O–H groups in total. The first kappa shape index (κ1) is 16.1. The molecule has 1 saturated heterocycles. The van der Waals surface area contributed by atoms with Crippen LogP contribution < -0.4 is 0 Å². The van der Waals surface area contributed by atoms with Crippen LogP contribution in [0.5, 0.6) is 0 Å². The molecule has 1 aromatic carbocycles. The third-order valence-corrected chi connectivity index (χ3v) is 4.62. The molecule has 21 heavy (non-hydrogen) atoms. The van der Waals surface area contributed by atoms with Crippen LogP contribution in [-0.4, -0.2) is 43.4 Å². The Labute approximate surface area is 131 Å². The number of ether oxygens (including phenoxy) is 1. The summed E-state index contributed by atoms with van der Waals surface area (Å²) in [5.41, 5.74) is 0.825. The van der Waals surface area contributed by atoms with Gasteiger partial charge in [-0.25, -0.2) is 0 Å². The van der Waals surface area contributed by atoms with Gasteiger partial charge in [0, 0.05) is 24.6 Å². The first-order chi connectivity index (χ1) is 10.3. The maximum Gasteiger partial charge on any atom is 0.254 e. The number of benzene rings is 1. The second kappa shape index (κ2) is 8.25. The van der Waals surface area contributed by atoms with Gasteiger partial charge in [0.15, 0.2) is 0 Å². The van der Waals surface area contributed by atoms with E-state index in [1.54, 1.807) is 17.8 Å². The van der Waals surface area contributed by atoms with E-state index in [4.69, 9.17) is 4.74 Å². The molecule has 0 atom stereocenters. The van der Waals surface area contributed by atoms with Crippen molar-refractivity contribution in [3.05, 3.63) is 42.5 Å². The quantitative estimate of drug-likeness (QED) is 0.458. The molecule has 2 rings (SSSR count). The van der Waals surface area contributed by atoms with Gasteiger partial charge < -0.3 is 9.64 Å². The number of likely N-dealkylation sites (tertiary alicyclic amines) is 1. The van der Waals surface area contributed by atoms with E-state index in [1.807, 2.05) is 35.4 Å². The Balaban J connectivity index is 1.89. The van der Waals surface area contributed by atoms with Crippen molar-refractivity contribution in [1.82, 2.24) is 4.90 Å². The summed E-state index contributed by atoms with van der Waals surface area (Å²) in [5.74, 6) is 0.718. The lowest BCUT2D eigenvalue weighted by atomic mass is 9.97. The van der Waals surface area contributed by atoms with Crippen molar-refractivity contribution < 1.29 is 9.53 Å². The highest BCUT2D eigenvalue weighted by molar-refractivity contribution is 7.98. The van der Waals surface area contributed by atoms with Crippen molar-refractivity contribution >= 4 is 17.7 Å². The van der Waals surface area contributed by atoms with E-state index in [-0.39, 0.29) is 5.91 Å². The zero-order valence-electron chi connectivity index (χ0n) is 12.6. The molecule has 0 radical (unpaired) electrons. The molecule has 1 aliphatic heterocycles. The number of hydrogen-bond acceptors (Lipinski definition) is 3. The predicted octanol–water partition coefficient (Wildman–Crippen LogP) is 3.46. The third kappa shape index (κ3) is 4.35. The lowest BCUT2D eigenvalue weighted by molar-refractivity contribution is 0.0573. The molecule has 1 amide bonds. The number of carbonyl (C=O) groups is 1. The SMILES string of the molecule is C=CCOCC1CCN(C(=O)c2ccccc2SC)CC1. The molecule has 0 unspecified atom stereocenters. The zero-order valence-corrected chi connectivity index (χ0v) is 13.4. The number of hydrogen-bond donors (Lipinski definition) is 0. The van der Waals surface area contributed by atoms with Crippen LogP contribution in [0.3, 0.4) is 0 Å². The summed E-state index contributed by atoms with van der Waals surface area (Å²) in [6.07, 6.45) is 5.82. The van der Waals surface area contributed by atoms with Gasteiger partial charge in [0.05, 0.1) is 12.2 Å². The molecule has 4 heteroatoms. The average Bonchev–Trinajstić information content (AvgIpc) is 2.55. The van der Waals surface area contributed by atoms with Crippen LogP contribution in [0.4, 0.5) is 0 Å². The maximum absolute atomic E-state index is 12.6. The summed E-state index contributed by atoms with van der Waals surface area (Å²) in [4.78, 5) is 15.6. The highest BCUT2D eigenvalue weighted by Crippen LogP contribution is 2.24. The zero-order chi connectivity index (χ0) is 15.1. The minimum atomic E-state index is 0.158. The number of amides is 1. The van der Waals surface area contributed by atoms with Crippen LogP contribution in [0.15, 0.2) is 41.8 Å². The second-order valence-electron chi connectivity index (χ2n) is 5.26. The first-order valence-corrected chi connectivity index (χ1v) is 8.59. The van der Waals surface area contributed by atoms with Crippen molar-refractivity contribution in [3.8, 4) is 0 Å². The van der Waals surface area contributed by atoms with Crippen LogP contribution in [0.1, 0.15) is 23.2 Å². The Morgan fingerprint density at radius 2 is 2.14 bits per heavy atom. The van der Waals surface area contributed by atoms with Crippen molar-refractivity contribution in [3.63, 3.8) is 0 Å². The molecule has 1 aromatic rings. The Bertz CT molecular complexity index is 481. The van der Waals surface area contributed by atoms with E-state index in [1.165, 1.54) is 0 Å². The highest BCUT2D eigenvalue weighted by atomic mass is 32.2. The summed E-state index contributed by atoms with van der Waals surface area (Å²) in [6, 6.07) is 7.84. The molecule has 1 aliphatic rings. The molecule has 0 aromatic heterocycles. The minimum Gasteiger partial charge on any atom is -0.377 e. The van der Waals surface area contributed by atoms with Crippen LogP contribution in [0.25, 0.3) is 0 Å². The monoisotopic (exact) mass is 305 g/mol. The number of thioether (sulfide) groups is 1. The van der Waals surface area contributed by atoms with E-state index >= 15 is 0 Å². The Morgan fingerprint density at radius 3 is 2.81 bits per heavy atom. The van der Waals surface area contributed by atoms with Crippen molar-refractivity contribution in [2.75, 3.05) is 32.6 Å². The van der Waals surface area contributed by atoms with Gasteiger partial charge in [-0.05, 0) is 37.1 Å². The highest BCUT2D eigenvalue weighted by Gasteiger charge is 2.24. The van der Waals surface area contributed by atoms with Crippen molar-refractivity contribution in [1.29, 1.82) is 0 Å². The Hall–Kier alpha value is -1.26. The number of rotatable bonds is 6. The normalized spacial score (nSPS) is 16.0. The summed E-state index contributed by atoms with van der Waals surface area (Å²) in [5, 5.41) is 0. The fraction of sp³-hybridized carbons (Fsp3) is 0.471. The van der Waals surface area contributed by atoms with E-state index in [9.17, 15) is 4.79 Å². The smallest absolute Gasteiger partial charge is 0.254 e. The fourth-order valence-corrected chi connectivity index (χ4v) is 3.20. The minimum absolute atomic E-state index is 0.158. The van der Waals surface area contributed by atoms with Gasteiger partial charge in [0.25, 0.3) is 5.91 Å². The lowest BCUT2D eigenvalue weighted by Crippen LogP contribution is -2.39. The number of piperidine rings is 1. The molecular weight excluding hydrogens is 282 g/mol. The molecule has 0 bridgehead atoms. The summed E-state index contributed by atoms with van der Waals surface area (Å²) < 4.78 is 5.51. The molecule has 114 valence electrons. The molecule has 3 nitrogen and oxygen atoms in total. The molecular formula is C17H23NO2S. The molecule has 1 heterocycles. The van der Waals surface area contributed by atoms with Crippen molar-refractivity contribution in [2.45, 2.75) is 17.7 Å². The lowest BCUT2D eigenvalue weighted by Gasteiger charge is -2.32. The largest absolute Gasteiger partial charge is 0.377 e. The van der Waals surface area contributed by atoms with Crippen LogP contribution in [-0.2, 0) is 4.74 Å². The summed E-state index contributed by atoms with van der Waals surface area (Å²) in [7, 11) is 0. The summed E-state index contributed by atoms with van der Waals surface area (Å²) >= 11 is 1.62. The topological polar surface area (TPSA) is 29.5 Å². The van der Waals surface area contributed by atoms with Gasteiger partial charge in [0.2, 0.25) is 0 Å². The number of nitrogens with zero attached hydrogens (tertiary/aromatic N) is 1. The summed E-state index contributed by atoms with van der Waals surface area (Å²) in [6.45, 7) is 6.68. The van der Waals surface area contributed by atoms with E-state index < -0.39 is 0 Å².